The van der Waals surface area contributed by atoms with E-state index in [1.54, 1.807) is 0 Å². The van der Waals surface area contributed by atoms with Crippen LogP contribution in [0.1, 0.15) is 54.4 Å². The van der Waals surface area contributed by atoms with E-state index in [2.05, 4.69) is 46.9 Å². The van der Waals surface area contributed by atoms with Crippen LogP contribution in [0.15, 0.2) is 0 Å². The zero-order valence-electron chi connectivity index (χ0n) is 21.3. The fourth-order valence-electron chi connectivity index (χ4n) is 3.43. The fourth-order valence-corrected chi connectivity index (χ4v) is 16.4. The Bertz CT molecular complexity index is 325. The zero-order chi connectivity index (χ0) is 23.3. The lowest BCUT2D eigenvalue weighted by molar-refractivity contribution is 0.312. The predicted octanol–water partition coefficient (Wildman–Crippen LogP) is -1.77. The molecule has 0 aromatic rings. The first-order valence-corrected chi connectivity index (χ1v) is 19.9. The van der Waals surface area contributed by atoms with E-state index < -0.39 is 58.6 Å². The lowest BCUT2D eigenvalue weighted by Crippen LogP contribution is -2.42. The van der Waals surface area contributed by atoms with Gasteiger partial charge in [-0.2, -0.15) is 0 Å². The summed E-state index contributed by atoms with van der Waals surface area (Å²) in [6, 6.07) is 0. The second-order valence-electron chi connectivity index (χ2n) is 8.07. The van der Waals surface area contributed by atoms with Gasteiger partial charge in [0.15, 0.2) is 58.6 Å². The van der Waals surface area contributed by atoms with E-state index in [4.69, 9.17) is 26.6 Å². The molecule has 0 atom stereocenters. The number of nitrogens with one attached hydrogen (secondary N) is 1. The Hall–Kier alpha value is 1.02. The summed E-state index contributed by atoms with van der Waals surface area (Å²) in [7, 11) is -3.74. The maximum Gasteiger partial charge on any atom is 0.165 e. The van der Waals surface area contributed by atoms with Gasteiger partial charge in [-0.15, -0.1) is 0 Å². The van der Waals surface area contributed by atoms with Gasteiger partial charge in [0, 0.05) is 48.2 Å². The molecule has 0 heterocycles. The summed E-state index contributed by atoms with van der Waals surface area (Å²) in [6.07, 6.45) is 2.30. The third-order valence-electron chi connectivity index (χ3n) is 5.34. The molecule has 31 heavy (non-hydrogen) atoms. The maximum atomic E-state index is 6.02. The molecule has 0 radical (unpaired) electrons. The van der Waals surface area contributed by atoms with Crippen LogP contribution in [0.4, 0.5) is 0 Å². The number of rotatable bonds is 24. The third-order valence-corrected chi connectivity index (χ3v) is 22.2. The van der Waals surface area contributed by atoms with Crippen LogP contribution in [-0.4, -0.2) is 111 Å². The molecule has 13 heteroatoms. The molecule has 0 fully saturated rings. The summed E-state index contributed by atoms with van der Waals surface area (Å²) in [6.45, 7) is 19.6. The number of hydrogen-bond donors (Lipinski definition) is 1. The highest BCUT2D eigenvalue weighted by Gasteiger charge is 2.35. The summed E-state index contributed by atoms with van der Waals surface area (Å²) in [5.74, 6) is 0. The van der Waals surface area contributed by atoms with Gasteiger partial charge in [0.2, 0.25) is 0 Å². The van der Waals surface area contributed by atoms with Gasteiger partial charge in [0.25, 0.3) is 0 Å². The molecule has 0 aliphatic rings. The van der Waals surface area contributed by atoms with Gasteiger partial charge >= 0.3 is 0 Å². The van der Waals surface area contributed by atoms with E-state index in [9.17, 15) is 0 Å². The Labute approximate surface area is 205 Å². The van der Waals surface area contributed by atoms with E-state index >= 15 is 0 Å². The summed E-state index contributed by atoms with van der Waals surface area (Å²) in [5, 5.41) is 3.75. The Kier molecular flexibility index (Phi) is 22.3. The van der Waals surface area contributed by atoms with Crippen LogP contribution >= 0.6 is 0 Å². The minimum atomic E-state index is -0.624. The minimum Gasteiger partial charge on any atom is -0.424 e. The van der Waals surface area contributed by atoms with Gasteiger partial charge < -0.3 is 31.9 Å². The van der Waals surface area contributed by atoms with Gasteiger partial charge in [-0.05, 0) is 67.5 Å². The molecule has 1 N–H and O–H groups in total. The molecule has 0 bridgehead atoms. The second-order valence-corrected chi connectivity index (χ2v) is 27.3. The SMILES string of the molecule is CCO[SiH2]C(CCNCCC([SiH2]OCC)([SiH2]OCC)[SiH2]OCC)([SiH2]OCC)[SiH2]OCC. The van der Waals surface area contributed by atoms with Gasteiger partial charge in [-0.25, -0.2) is 0 Å². The standard InChI is InChI=1S/C18H51NO6Si6/c1-7-20-26-17(27-21-8-2,28-22-9-3)13-15-19-16-14-18(29-23-10-4,30-24-11-5)31-25-12-6/h19H,7-16,26-31H2,1-6H3. The van der Waals surface area contributed by atoms with Crippen molar-refractivity contribution < 1.29 is 26.6 Å². The Morgan fingerprint density at radius 2 is 0.677 bits per heavy atom. The van der Waals surface area contributed by atoms with Gasteiger partial charge in [-0.1, -0.05) is 0 Å². The molecule has 0 spiro atoms. The molecular formula is C18H51NO6Si6. The van der Waals surface area contributed by atoms with E-state index in [-0.39, 0.29) is 0 Å². The van der Waals surface area contributed by atoms with Crippen molar-refractivity contribution >= 4 is 58.6 Å². The minimum absolute atomic E-state index is 0.312. The molecule has 0 aromatic heterocycles. The van der Waals surface area contributed by atoms with Crippen molar-refractivity contribution in [1.82, 2.24) is 5.32 Å². The molecule has 188 valence electrons. The van der Waals surface area contributed by atoms with Gasteiger partial charge in [-0.3, -0.25) is 0 Å². The highest BCUT2D eigenvalue weighted by molar-refractivity contribution is 6.74. The van der Waals surface area contributed by atoms with E-state index in [1.165, 1.54) is 0 Å². The maximum absolute atomic E-state index is 6.02. The van der Waals surface area contributed by atoms with Crippen LogP contribution < -0.4 is 5.32 Å². The lowest BCUT2D eigenvalue weighted by Gasteiger charge is -2.33. The van der Waals surface area contributed by atoms with Crippen LogP contribution in [0.3, 0.4) is 0 Å². The van der Waals surface area contributed by atoms with E-state index in [0.29, 0.717) is 8.57 Å². The molecule has 0 unspecified atom stereocenters. The molecular weight excluding hydrogens is 495 g/mol. The van der Waals surface area contributed by atoms with Crippen molar-refractivity contribution in [2.75, 3.05) is 52.7 Å². The Morgan fingerprint density at radius 1 is 0.452 bits per heavy atom. The van der Waals surface area contributed by atoms with Crippen LogP contribution in [0.2, 0.25) is 8.57 Å². The fraction of sp³-hybridized carbons (Fsp3) is 1.00. The Balaban J connectivity index is 4.86. The first-order chi connectivity index (χ1) is 15.1. The Morgan fingerprint density at radius 3 is 0.871 bits per heavy atom. The summed E-state index contributed by atoms with van der Waals surface area (Å²) in [5.41, 5.74) is 0. The average molecular weight is 546 g/mol. The molecule has 0 aliphatic carbocycles. The zero-order valence-corrected chi connectivity index (χ0v) is 29.7. The van der Waals surface area contributed by atoms with Gasteiger partial charge in [0.05, 0.1) is 0 Å². The lowest BCUT2D eigenvalue weighted by atomic mass is 10.4. The van der Waals surface area contributed by atoms with Crippen LogP contribution in [0.25, 0.3) is 0 Å². The third kappa shape index (κ3) is 15.5. The normalized spacial score (nSPS) is 18.0. The van der Waals surface area contributed by atoms with Crippen LogP contribution in [-0.2, 0) is 26.6 Å². The second kappa shape index (κ2) is 21.5. The molecule has 7 nitrogen and oxygen atoms in total. The van der Waals surface area contributed by atoms with Crippen molar-refractivity contribution in [3.05, 3.63) is 0 Å². The van der Waals surface area contributed by atoms with Crippen molar-refractivity contribution in [2.24, 2.45) is 0 Å². The summed E-state index contributed by atoms with van der Waals surface area (Å²) >= 11 is 0. The largest absolute Gasteiger partial charge is 0.424 e. The number of hydrogen-bond acceptors (Lipinski definition) is 7. The van der Waals surface area contributed by atoms with Crippen LogP contribution in [0.5, 0.6) is 0 Å². The molecule has 0 aliphatic heterocycles. The molecule has 0 saturated heterocycles. The highest BCUT2D eigenvalue weighted by Crippen LogP contribution is 2.29. The van der Waals surface area contributed by atoms with Crippen molar-refractivity contribution in [2.45, 2.75) is 63.0 Å². The van der Waals surface area contributed by atoms with Gasteiger partial charge in [0.1, 0.15) is 0 Å². The average Bonchev–Trinajstić information content (AvgIpc) is 2.80. The monoisotopic (exact) mass is 545 g/mol. The molecule has 0 rings (SSSR count). The highest BCUT2D eigenvalue weighted by atomic mass is 28.4. The summed E-state index contributed by atoms with van der Waals surface area (Å²) < 4.78 is 36.8. The van der Waals surface area contributed by atoms with Crippen molar-refractivity contribution in [3.8, 4) is 0 Å². The molecule has 0 aromatic carbocycles. The van der Waals surface area contributed by atoms with E-state index in [0.717, 1.165) is 65.6 Å². The topological polar surface area (TPSA) is 67.4 Å². The van der Waals surface area contributed by atoms with Crippen molar-refractivity contribution in [3.63, 3.8) is 0 Å². The quantitative estimate of drug-likeness (QED) is 0.114. The van der Waals surface area contributed by atoms with E-state index in [1.807, 2.05) is 0 Å². The first kappa shape index (κ1) is 32.0. The molecule has 0 amide bonds. The molecule has 0 saturated carbocycles. The summed E-state index contributed by atoms with van der Waals surface area (Å²) in [4.78, 5) is 0. The van der Waals surface area contributed by atoms with Crippen molar-refractivity contribution in [1.29, 1.82) is 0 Å². The first-order valence-electron chi connectivity index (χ1n) is 12.2. The predicted molar refractivity (Wildman–Crippen MR) is 149 cm³/mol. The van der Waals surface area contributed by atoms with Crippen LogP contribution in [0, 0.1) is 0 Å². The smallest absolute Gasteiger partial charge is 0.165 e.